The fourth-order valence-corrected chi connectivity index (χ4v) is 4.33. The molecule has 3 nitrogen and oxygen atoms in total. The zero-order chi connectivity index (χ0) is 17.1. The summed E-state index contributed by atoms with van der Waals surface area (Å²) in [5, 5.41) is 0. The Morgan fingerprint density at radius 2 is 1.92 bits per heavy atom. The van der Waals surface area contributed by atoms with Gasteiger partial charge in [0.15, 0.2) is 6.10 Å². The monoisotopic (exact) mass is 330 g/mol. The van der Waals surface area contributed by atoms with Crippen molar-refractivity contribution in [1.29, 1.82) is 0 Å². The van der Waals surface area contributed by atoms with E-state index in [0.717, 1.165) is 19.3 Å². The lowest BCUT2D eigenvalue weighted by molar-refractivity contribution is -0.167. The van der Waals surface area contributed by atoms with Crippen LogP contribution in [0.4, 0.5) is 0 Å². The molecule has 0 amide bonds. The molecule has 3 heteroatoms. The molecule has 5 atom stereocenters. The Kier molecular flexibility index (Phi) is 5.60. The van der Waals surface area contributed by atoms with E-state index in [9.17, 15) is 4.79 Å². The number of esters is 1. The van der Waals surface area contributed by atoms with Gasteiger partial charge >= 0.3 is 5.97 Å². The molecule has 1 saturated heterocycles. The zero-order valence-electron chi connectivity index (χ0n) is 15.1. The number of benzene rings is 1. The fourth-order valence-electron chi connectivity index (χ4n) is 4.33. The van der Waals surface area contributed by atoms with Crippen LogP contribution < -0.4 is 0 Å². The molecule has 1 aliphatic heterocycles. The average molecular weight is 330 g/mol. The van der Waals surface area contributed by atoms with E-state index >= 15 is 0 Å². The molecule has 0 bridgehead atoms. The predicted molar refractivity (Wildman–Crippen MR) is 94.8 cm³/mol. The summed E-state index contributed by atoms with van der Waals surface area (Å²) in [4.78, 5) is 12.8. The van der Waals surface area contributed by atoms with Gasteiger partial charge in [0, 0.05) is 12.5 Å². The van der Waals surface area contributed by atoms with E-state index < -0.39 is 6.10 Å². The third-order valence-corrected chi connectivity index (χ3v) is 5.78. The first-order valence-corrected chi connectivity index (χ1v) is 9.43. The normalized spacial score (nSPS) is 33.6. The molecule has 132 valence electrons. The summed E-state index contributed by atoms with van der Waals surface area (Å²) in [5.74, 6) is 1.61. The quantitative estimate of drug-likeness (QED) is 0.759. The van der Waals surface area contributed by atoms with Crippen molar-refractivity contribution in [2.75, 3.05) is 6.61 Å². The molecule has 0 unspecified atom stereocenters. The number of hydrogen-bond acceptors (Lipinski definition) is 3. The van der Waals surface area contributed by atoms with Crippen molar-refractivity contribution in [2.24, 2.45) is 17.8 Å². The number of carbonyl (C=O) groups excluding carboxylic acids is 1. The summed E-state index contributed by atoms with van der Waals surface area (Å²) in [7, 11) is 0. The Morgan fingerprint density at radius 3 is 2.62 bits per heavy atom. The number of rotatable bonds is 4. The predicted octanol–water partition coefficient (Wildman–Crippen LogP) is 4.56. The van der Waals surface area contributed by atoms with Crippen LogP contribution in [0.25, 0.3) is 0 Å². The third-order valence-electron chi connectivity index (χ3n) is 5.78. The standard InChI is InChI=1S/C21H30O3/c1-14(2)17-10-9-15(3)13-19(17)24-21(22)20-18(11-12-23-20)16-7-5-4-6-8-16/h4-8,14-15,17-20H,9-13H2,1-3H3/t15-,17+,18-,19-,20+/m1/s1. The van der Waals surface area contributed by atoms with Gasteiger partial charge in [0.2, 0.25) is 0 Å². The fraction of sp³-hybridized carbons (Fsp3) is 0.667. The number of hydrogen-bond donors (Lipinski definition) is 0. The van der Waals surface area contributed by atoms with E-state index in [1.807, 2.05) is 18.2 Å². The lowest BCUT2D eigenvalue weighted by atomic mass is 9.75. The Hall–Kier alpha value is -1.35. The first-order valence-electron chi connectivity index (χ1n) is 9.43. The average Bonchev–Trinajstić information content (AvgIpc) is 3.05. The third kappa shape index (κ3) is 3.83. The van der Waals surface area contributed by atoms with Crippen LogP contribution in [0.5, 0.6) is 0 Å². The van der Waals surface area contributed by atoms with Crippen molar-refractivity contribution in [3.8, 4) is 0 Å². The van der Waals surface area contributed by atoms with E-state index in [4.69, 9.17) is 9.47 Å². The van der Waals surface area contributed by atoms with Gasteiger partial charge in [-0.2, -0.15) is 0 Å². The summed E-state index contributed by atoms with van der Waals surface area (Å²) < 4.78 is 11.8. The van der Waals surface area contributed by atoms with Crippen LogP contribution in [0.3, 0.4) is 0 Å². The minimum absolute atomic E-state index is 0.0434. The number of ether oxygens (including phenoxy) is 2. The van der Waals surface area contributed by atoms with Crippen LogP contribution >= 0.6 is 0 Å². The van der Waals surface area contributed by atoms with E-state index in [-0.39, 0.29) is 18.0 Å². The Bertz CT molecular complexity index is 539. The van der Waals surface area contributed by atoms with Crippen molar-refractivity contribution in [3.63, 3.8) is 0 Å². The molecule has 1 heterocycles. The lowest BCUT2D eigenvalue weighted by Gasteiger charge is -2.37. The van der Waals surface area contributed by atoms with Gasteiger partial charge in [-0.15, -0.1) is 0 Å². The van der Waals surface area contributed by atoms with Gasteiger partial charge in [-0.25, -0.2) is 4.79 Å². The second-order valence-corrected chi connectivity index (χ2v) is 7.90. The van der Waals surface area contributed by atoms with E-state index in [1.165, 1.54) is 12.0 Å². The summed E-state index contributed by atoms with van der Waals surface area (Å²) in [6.07, 6.45) is 3.86. The lowest BCUT2D eigenvalue weighted by Crippen LogP contribution is -2.39. The highest BCUT2D eigenvalue weighted by molar-refractivity contribution is 5.76. The van der Waals surface area contributed by atoms with Crippen molar-refractivity contribution in [2.45, 2.75) is 64.6 Å². The molecular formula is C21H30O3. The van der Waals surface area contributed by atoms with Crippen molar-refractivity contribution >= 4 is 5.97 Å². The molecule has 1 aromatic carbocycles. The van der Waals surface area contributed by atoms with Gasteiger partial charge < -0.3 is 9.47 Å². The molecule has 2 aliphatic rings. The van der Waals surface area contributed by atoms with Crippen LogP contribution in [-0.4, -0.2) is 24.8 Å². The maximum atomic E-state index is 12.8. The minimum atomic E-state index is -0.447. The Balaban J connectivity index is 1.69. The highest BCUT2D eigenvalue weighted by Gasteiger charge is 2.40. The topological polar surface area (TPSA) is 35.5 Å². The molecule has 0 spiro atoms. The molecular weight excluding hydrogens is 300 g/mol. The van der Waals surface area contributed by atoms with Gasteiger partial charge in [-0.3, -0.25) is 0 Å². The van der Waals surface area contributed by atoms with Gasteiger partial charge in [0.25, 0.3) is 0 Å². The van der Waals surface area contributed by atoms with Gasteiger partial charge in [0.05, 0.1) is 0 Å². The first-order chi connectivity index (χ1) is 11.6. The summed E-state index contributed by atoms with van der Waals surface area (Å²) >= 11 is 0. The minimum Gasteiger partial charge on any atom is -0.460 e. The summed E-state index contributed by atoms with van der Waals surface area (Å²) in [5.41, 5.74) is 1.18. The van der Waals surface area contributed by atoms with Crippen molar-refractivity contribution in [1.82, 2.24) is 0 Å². The maximum absolute atomic E-state index is 12.8. The van der Waals surface area contributed by atoms with E-state index in [0.29, 0.717) is 24.4 Å². The van der Waals surface area contributed by atoms with Crippen molar-refractivity contribution < 1.29 is 14.3 Å². The first kappa shape index (κ1) is 17.5. The van der Waals surface area contributed by atoms with Crippen LogP contribution in [0.1, 0.15) is 57.9 Å². The molecule has 1 aliphatic carbocycles. The summed E-state index contributed by atoms with van der Waals surface area (Å²) in [6.45, 7) is 7.37. The smallest absolute Gasteiger partial charge is 0.336 e. The molecule has 3 rings (SSSR count). The van der Waals surface area contributed by atoms with Crippen LogP contribution in [0.2, 0.25) is 0 Å². The Morgan fingerprint density at radius 1 is 1.17 bits per heavy atom. The Labute approximate surface area is 145 Å². The summed E-state index contributed by atoms with van der Waals surface area (Å²) in [6, 6.07) is 10.2. The SMILES string of the molecule is CC(C)[C@@H]1CC[C@@H](C)C[C@H]1OC(=O)[C@H]1OCC[C@@H]1c1ccccc1. The van der Waals surface area contributed by atoms with Crippen molar-refractivity contribution in [3.05, 3.63) is 35.9 Å². The van der Waals surface area contributed by atoms with Gasteiger partial charge in [-0.1, -0.05) is 57.5 Å². The largest absolute Gasteiger partial charge is 0.460 e. The van der Waals surface area contributed by atoms with Crippen LogP contribution in [0, 0.1) is 17.8 Å². The van der Waals surface area contributed by atoms with Gasteiger partial charge in [-0.05, 0) is 42.6 Å². The second-order valence-electron chi connectivity index (χ2n) is 7.90. The molecule has 1 aromatic rings. The van der Waals surface area contributed by atoms with Crippen LogP contribution in [0.15, 0.2) is 30.3 Å². The molecule has 0 aromatic heterocycles. The van der Waals surface area contributed by atoms with Crippen LogP contribution in [-0.2, 0) is 14.3 Å². The molecule has 24 heavy (non-hydrogen) atoms. The van der Waals surface area contributed by atoms with E-state index in [1.54, 1.807) is 0 Å². The van der Waals surface area contributed by atoms with E-state index in [2.05, 4.69) is 32.9 Å². The zero-order valence-corrected chi connectivity index (χ0v) is 15.1. The molecule has 1 saturated carbocycles. The molecule has 0 N–H and O–H groups in total. The highest BCUT2D eigenvalue weighted by Crippen LogP contribution is 2.37. The second kappa shape index (κ2) is 7.69. The molecule has 0 radical (unpaired) electrons. The van der Waals surface area contributed by atoms with Gasteiger partial charge in [0.1, 0.15) is 6.10 Å². The molecule has 2 fully saturated rings. The number of carbonyl (C=O) groups is 1. The maximum Gasteiger partial charge on any atom is 0.336 e. The highest BCUT2D eigenvalue weighted by atomic mass is 16.6.